The maximum absolute atomic E-state index is 12.1. The molecule has 0 fully saturated rings. The number of benzene rings is 1. The minimum absolute atomic E-state index is 0.0824. The molecule has 1 aliphatic heterocycles. The van der Waals surface area contributed by atoms with Crippen LogP contribution in [0.5, 0.6) is 5.75 Å². The molecule has 126 valence electrons. The SMILES string of the molecule is COc1cccc(CC(=O)NCc2nnn3c2CNC(=O)C3C)c1. The fraction of sp³-hybridized carbons (Fsp3) is 0.375. The number of hydrogen-bond acceptors (Lipinski definition) is 5. The summed E-state index contributed by atoms with van der Waals surface area (Å²) >= 11 is 0. The number of fused-ring (bicyclic) bond motifs is 1. The Morgan fingerprint density at radius 3 is 3.12 bits per heavy atom. The standard InChI is InChI=1S/C16H19N5O3/c1-10-16(23)18-9-14-13(19-20-21(10)14)8-17-15(22)7-11-4-3-5-12(6-11)24-2/h3-6,10H,7-9H2,1-2H3,(H,17,22)(H,18,23). The van der Waals surface area contributed by atoms with Crippen molar-refractivity contribution in [3.63, 3.8) is 0 Å². The normalized spacial score (nSPS) is 16.2. The zero-order valence-electron chi connectivity index (χ0n) is 13.6. The highest BCUT2D eigenvalue weighted by Gasteiger charge is 2.27. The first-order valence-electron chi connectivity index (χ1n) is 7.68. The van der Waals surface area contributed by atoms with Gasteiger partial charge >= 0.3 is 0 Å². The number of methoxy groups -OCH3 is 1. The van der Waals surface area contributed by atoms with Crippen molar-refractivity contribution in [3.05, 3.63) is 41.2 Å². The molecule has 8 nitrogen and oxygen atoms in total. The number of carbonyl (C=O) groups excluding carboxylic acids is 2. The molecule has 2 heterocycles. The molecule has 0 spiro atoms. The highest BCUT2D eigenvalue weighted by Crippen LogP contribution is 2.17. The lowest BCUT2D eigenvalue weighted by Crippen LogP contribution is -2.38. The second kappa shape index (κ2) is 6.69. The Hall–Kier alpha value is -2.90. The molecule has 0 aliphatic carbocycles. The van der Waals surface area contributed by atoms with E-state index in [1.165, 1.54) is 0 Å². The van der Waals surface area contributed by atoms with E-state index >= 15 is 0 Å². The van der Waals surface area contributed by atoms with Gasteiger partial charge in [-0.25, -0.2) is 4.68 Å². The molecule has 1 aromatic carbocycles. The van der Waals surface area contributed by atoms with E-state index in [9.17, 15) is 9.59 Å². The lowest BCUT2D eigenvalue weighted by atomic mass is 10.1. The Labute approximate surface area is 139 Å². The Balaban J connectivity index is 1.61. The van der Waals surface area contributed by atoms with Crippen LogP contribution in [-0.4, -0.2) is 33.9 Å². The zero-order chi connectivity index (χ0) is 17.1. The highest BCUT2D eigenvalue weighted by atomic mass is 16.5. The molecule has 8 heteroatoms. The number of carbonyl (C=O) groups is 2. The minimum Gasteiger partial charge on any atom is -0.497 e. The average Bonchev–Trinajstić information content (AvgIpc) is 3.00. The van der Waals surface area contributed by atoms with Crippen LogP contribution in [0, 0.1) is 0 Å². The number of nitrogens with one attached hydrogen (secondary N) is 2. The maximum atomic E-state index is 12.1. The number of aromatic nitrogens is 3. The van der Waals surface area contributed by atoms with Crippen LogP contribution in [0.1, 0.15) is 29.9 Å². The number of amides is 2. The fourth-order valence-corrected chi connectivity index (χ4v) is 2.62. The van der Waals surface area contributed by atoms with E-state index in [2.05, 4.69) is 20.9 Å². The zero-order valence-corrected chi connectivity index (χ0v) is 13.6. The molecule has 0 bridgehead atoms. The van der Waals surface area contributed by atoms with Gasteiger partial charge in [-0.05, 0) is 24.6 Å². The molecule has 1 atom stereocenters. The molecular formula is C16H19N5O3. The van der Waals surface area contributed by atoms with Crippen LogP contribution in [0.15, 0.2) is 24.3 Å². The van der Waals surface area contributed by atoms with E-state index < -0.39 is 0 Å². The molecule has 1 aromatic heterocycles. The summed E-state index contributed by atoms with van der Waals surface area (Å²) in [5.41, 5.74) is 2.36. The van der Waals surface area contributed by atoms with Crippen LogP contribution in [0.25, 0.3) is 0 Å². The van der Waals surface area contributed by atoms with Gasteiger partial charge in [0.1, 0.15) is 17.5 Å². The van der Waals surface area contributed by atoms with Crippen molar-refractivity contribution in [1.29, 1.82) is 0 Å². The molecule has 0 saturated carbocycles. The molecule has 24 heavy (non-hydrogen) atoms. The fourth-order valence-electron chi connectivity index (χ4n) is 2.62. The molecule has 0 saturated heterocycles. The summed E-state index contributed by atoms with van der Waals surface area (Å²) in [6.45, 7) is 2.41. The van der Waals surface area contributed by atoms with E-state index in [1.807, 2.05) is 24.3 Å². The van der Waals surface area contributed by atoms with Crippen molar-refractivity contribution in [2.45, 2.75) is 32.5 Å². The predicted octanol–water partition coefficient (Wildman–Crippen LogP) is 0.336. The van der Waals surface area contributed by atoms with Gasteiger partial charge in [0.05, 0.1) is 32.3 Å². The first-order valence-corrected chi connectivity index (χ1v) is 7.68. The van der Waals surface area contributed by atoms with Gasteiger partial charge in [-0.3, -0.25) is 9.59 Å². The average molecular weight is 329 g/mol. The van der Waals surface area contributed by atoms with Crippen molar-refractivity contribution < 1.29 is 14.3 Å². The van der Waals surface area contributed by atoms with Gasteiger partial charge in [0.15, 0.2) is 0 Å². The summed E-state index contributed by atoms with van der Waals surface area (Å²) in [7, 11) is 1.59. The third kappa shape index (κ3) is 3.22. The number of rotatable bonds is 5. The van der Waals surface area contributed by atoms with E-state index in [-0.39, 0.29) is 30.8 Å². The lowest BCUT2D eigenvalue weighted by molar-refractivity contribution is -0.125. The van der Waals surface area contributed by atoms with Crippen molar-refractivity contribution in [3.8, 4) is 5.75 Å². The van der Waals surface area contributed by atoms with Crippen molar-refractivity contribution in [2.24, 2.45) is 0 Å². The number of hydrogen-bond donors (Lipinski definition) is 2. The van der Waals surface area contributed by atoms with Gasteiger partial charge in [0.25, 0.3) is 0 Å². The van der Waals surface area contributed by atoms with Crippen molar-refractivity contribution in [1.82, 2.24) is 25.6 Å². The highest BCUT2D eigenvalue weighted by molar-refractivity contribution is 5.81. The monoisotopic (exact) mass is 329 g/mol. The molecule has 2 amide bonds. The number of ether oxygens (including phenoxy) is 1. The van der Waals surface area contributed by atoms with Crippen LogP contribution < -0.4 is 15.4 Å². The number of nitrogens with zero attached hydrogens (tertiary/aromatic N) is 3. The second-order valence-corrected chi connectivity index (χ2v) is 5.63. The van der Waals surface area contributed by atoms with Crippen LogP contribution in [0.4, 0.5) is 0 Å². The minimum atomic E-state index is -0.387. The summed E-state index contributed by atoms with van der Waals surface area (Å²) in [6, 6.07) is 7.00. The molecule has 3 rings (SSSR count). The molecule has 2 N–H and O–H groups in total. The van der Waals surface area contributed by atoms with Crippen molar-refractivity contribution in [2.75, 3.05) is 7.11 Å². The molecular weight excluding hydrogens is 310 g/mol. The summed E-state index contributed by atoms with van der Waals surface area (Å²) in [4.78, 5) is 23.7. The van der Waals surface area contributed by atoms with E-state index in [0.717, 1.165) is 17.0 Å². The van der Waals surface area contributed by atoms with Gasteiger partial charge < -0.3 is 15.4 Å². The largest absolute Gasteiger partial charge is 0.497 e. The van der Waals surface area contributed by atoms with Crippen LogP contribution in [0.3, 0.4) is 0 Å². The molecule has 2 aromatic rings. The predicted molar refractivity (Wildman–Crippen MR) is 85.1 cm³/mol. The Morgan fingerprint density at radius 2 is 2.33 bits per heavy atom. The topological polar surface area (TPSA) is 98.1 Å². The summed E-state index contributed by atoms with van der Waals surface area (Å²) in [5, 5.41) is 13.7. The van der Waals surface area contributed by atoms with Gasteiger partial charge in [-0.2, -0.15) is 0 Å². The first-order chi connectivity index (χ1) is 11.6. The van der Waals surface area contributed by atoms with Crippen LogP contribution in [-0.2, 0) is 29.1 Å². The Kier molecular flexibility index (Phi) is 4.45. The quantitative estimate of drug-likeness (QED) is 0.824. The third-order valence-corrected chi connectivity index (χ3v) is 4.00. The van der Waals surface area contributed by atoms with Gasteiger partial charge in [0.2, 0.25) is 11.8 Å². The van der Waals surface area contributed by atoms with Crippen LogP contribution in [0.2, 0.25) is 0 Å². The Bertz CT molecular complexity index is 771. The van der Waals surface area contributed by atoms with Gasteiger partial charge in [-0.1, -0.05) is 17.3 Å². The summed E-state index contributed by atoms with van der Waals surface area (Å²) in [5.74, 6) is 0.524. The summed E-state index contributed by atoms with van der Waals surface area (Å²) in [6.07, 6.45) is 0.258. The van der Waals surface area contributed by atoms with E-state index in [1.54, 1.807) is 18.7 Å². The third-order valence-electron chi connectivity index (χ3n) is 4.00. The van der Waals surface area contributed by atoms with Crippen LogP contribution >= 0.6 is 0 Å². The van der Waals surface area contributed by atoms with Gasteiger partial charge in [-0.15, -0.1) is 5.10 Å². The van der Waals surface area contributed by atoms with Gasteiger partial charge in [0, 0.05) is 0 Å². The molecule has 1 aliphatic rings. The summed E-state index contributed by atoms with van der Waals surface area (Å²) < 4.78 is 6.75. The van der Waals surface area contributed by atoms with E-state index in [4.69, 9.17) is 4.74 Å². The molecule has 0 radical (unpaired) electrons. The first kappa shape index (κ1) is 16.0. The maximum Gasteiger partial charge on any atom is 0.244 e. The lowest BCUT2D eigenvalue weighted by Gasteiger charge is -2.20. The second-order valence-electron chi connectivity index (χ2n) is 5.63. The smallest absolute Gasteiger partial charge is 0.244 e. The molecule has 1 unspecified atom stereocenters. The van der Waals surface area contributed by atoms with Crippen molar-refractivity contribution >= 4 is 11.8 Å². The van der Waals surface area contributed by atoms with E-state index in [0.29, 0.717) is 12.2 Å². The Morgan fingerprint density at radius 1 is 1.50 bits per heavy atom.